The molecule has 0 heterocycles. The van der Waals surface area contributed by atoms with E-state index in [9.17, 15) is 0 Å². The molecule has 0 bridgehead atoms. The Morgan fingerprint density at radius 2 is 0.667 bits per heavy atom. The molecule has 24 heavy (non-hydrogen) atoms. The van der Waals surface area contributed by atoms with Crippen LogP contribution in [0.5, 0.6) is 0 Å². The quantitative estimate of drug-likeness (QED) is 0.571. The van der Waals surface area contributed by atoms with Gasteiger partial charge in [0.05, 0.1) is 0 Å². The topological polar surface area (TPSA) is 0 Å². The highest BCUT2D eigenvalue weighted by atomic mass is 14.6. The van der Waals surface area contributed by atoms with Crippen LogP contribution in [-0.4, -0.2) is 0 Å². The molecule has 2 aromatic carbocycles. The van der Waals surface area contributed by atoms with Gasteiger partial charge in [-0.25, -0.2) is 0 Å². The molecule has 0 aliphatic carbocycles. The fraction of sp³-hybridized carbons (Fsp3) is 0.500. The van der Waals surface area contributed by atoms with Crippen LogP contribution in [0, 0.1) is 10.8 Å². The molecule has 2 rings (SSSR count). The molecule has 0 fully saturated rings. The fourth-order valence-electron chi connectivity index (χ4n) is 4.49. The van der Waals surface area contributed by atoms with Crippen molar-refractivity contribution in [3.63, 3.8) is 0 Å². The second kappa shape index (κ2) is 6.06. The second-order valence-corrected chi connectivity index (χ2v) is 9.48. The van der Waals surface area contributed by atoms with Gasteiger partial charge in [-0.05, 0) is 22.0 Å². The standard InChI is InChI=1S/C24H34/c1-21(2,3)23(7,19-15-11-9-12-16-19)24(8,22(4,5)6)20-17-13-10-14-18-20/h9-18H,1-8H3. The predicted molar refractivity (Wildman–Crippen MR) is 106 cm³/mol. The van der Waals surface area contributed by atoms with Crippen molar-refractivity contribution in [3.8, 4) is 0 Å². The summed E-state index contributed by atoms with van der Waals surface area (Å²) in [6.45, 7) is 19.2. The van der Waals surface area contributed by atoms with E-state index in [-0.39, 0.29) is 21.7 Å². The van der Waals surface area contributed by atoms with E-state index < -0.39 is 0 Å². The number of benzene rings is 2. The Morgan fingerprint density at radius 3 is 0.875 bits per heavy atom. The molecular formula is C24H34. The molecule has 0 aliphatic heterocycles. The van der Waals surface area contributed by atoms with Crippen molar-refractivity contribution in [1.29, 1.82) is 0 Å². The van der Waals surface area contributed by atoms with Gasteiger partial charge in [0.25, 0.3) is 0 Å². The van der Waals surface area contributed by atoms with Crippen LogP contribution in [-0.2, 0) is 10.8 Å². The van der Waals surface area contributed by atoms with Crippen molar-refractivity contribution >= 4 is 0 Å². The molecule has 0 heteroatoms. The number of hydrogen-bond donors (Lipinski definition) is 0. The van der Waals surface area contributed by atoms with Gasteiger partial charge in [0.15, 0.2) is 0 Å². The predicted octanol–water partition coefficient (Wildman–Crippen LogP) is 6.99. The Labute approximate surface area is 149 Å². The lowest BCUT2D eigenvalue weighted by Gasteiger charge is -2.61. The van der Waals surface area contributed by atoms with Gasteiger partial charge in [0.1, 0.15) is 0 Å². The molecule has 2 unspecified atom stereocenters. The SMILES string of the molecule is CC(C)(C)C(C)(c1ccccc1)C(C)(c1ccccc1)C(C)(C)C. The van der Waals surface area contributed by atoms with Crippen LogP contribution in [0.2, 0.25) is 0 Å². The van der Waals surface area contributed by atoms with Gasteiger partial charge >= 0.3 is 0 Å². The average Bonchev–Trinajstić information content (AvgIpc) is 2.52. The minimum atomic E-state index is -0.0269. The van der Waals surface area contributed by atoms with E-state index in [1.807, 2.05) is 0 Å². The third-order valence-electron chi connectivity index (χ3n) is 6.70. The maximum absolute atomic E-state index is 2.46. The van der Waals surface area contributed by atoms with Gasteiger partial charge in [-0.2, -0.15) is 0 Å². The average molecular weight is 323 g/mol. The van der Waals surface area contributed by atoms with Crippen LogP contribution >= 0.6 is 0 Å². The number of rotatable bonds is 3. The van der Waals surface area contributed by atoms with Gasteiger partial charge in [0, 0.05) is 10.8 Å². The molecule has 0 saturated heterocycles. The van der Waals surface area contributed by atoms with Crippen molar-refractivity contribution in [2.75, 3.05) is 0 Å². The Bertz CT molecular complexity index is 593. The molecule has 0 aliphatic rings. The van der Waals surface area contributed by atoms with E-state index in [1.54, 1.807) is 0 Å². The van der Waals surface area contributed by atoms with Gasteiger partial charge < -0.3 is 0 Å². The lowest BCUT2D eigenvalue weighted by Crippen LogP contribution is -2.59. The Balaban J connectivity index is 2.88. The van der Waals surface area contributed by atoms with Crippen molar-refractivity contribution in [2.45, 2.75) is 66.2 Å². The van der Waals surface area contributed by atoms with E-state index in [4.69, 9.17) is 0 Å². The van der Waals surface area contributed by atoms with E-state index in [0.717, 1.165) is 0 Å². The third-order valence-corrected chi connectivity index (χ3v) is 6.70. The zero-order chi connectivity index (χ0) is 18.2. The van der Waals surface area contributed by atoms with Crippen molar-refractivity contribution < 1.29 is 0 Å². The van der Waals surface area contributed by atoms with Crippen LogP contribution in [0.15, 0.2) is 60.7 Å². The number of hydrogen-bond acceptors (Lipinski definition) is 0. The molecule has 0 N–H and O–H groups in total. The lowest BCUT2D eigenvalue weighted by atomic mass is 9.43. The second-order valence-electron chi connectivity index (χ2n) is 9.48. The van der Waals surface area contributed by atoms with Crippen molar-refractivity contribution in [2.24, 2.45) is 10.8 Å². The Morgan fingerprint density at radius 1 is 0.417 bits per heavy atom. The highest BCUT2D eigenvalue weighted by Crippen LogP contribution is 2.60. The monoisotopic (exact) mass is 322 g/mol. The highest BCUT2D eigenvalue weighted by Gasteiger charge is 2.58. The van der Waals surface area contributed by atoms with Crippen LogP contribution in [0.25, 0.3) is 0 Å². The Hall–Kier alpha value is -1.56. The summed E-state index contributed by atoms with van der Waals surface area (Å²) in [4.78, 5) is 0. The molecule has 0 spiro atoms. The summed E-state index contributed by atoms with van der Waals surface area (Å²) in [5, 5.41) is 0. The largest absolute Gasteiger partial charge is 0.0622 e. The molecule has 130 valence electrons. The van der Waals surface area contributed by atoms with E-state index in [0.29, 0.717) is 0 Å². The van der Waals surface area contributed by atoms with Gasteiger partial charge in [-0.1, -0.05) is 116 Å². The minimum absolute atomic E-state index is 0.0269. The lowest BCUT2D eigenvalue weighted by molar-refractivity contribution is 0.0200. The maximum Gasteiger partial charge on any atom is 0.00723 e. The summed E-state index contributed by atoms with van der Waals surface area (Å²) < 4.78 is 0. The van der Waals surface area contributed by atoms with Crippen molar-refractivity contribution in [1.82, 2.24) is 0 Å². The molecule has 2 aromatic rings. The fourth-order valence-corrected chi connectivity index (χ4v) is 4.49. The summed E-state index contributed by atoms with van der Waals surface area (Å²) in [6, 6.07) is 22.1. The molecule has 0 radical (unpaired) electrons. The third kappa shape index (κ3) is 2.70. The highest BCUT2D eigenvalue weighted by molar-refractivity contribution is 5.41. The maximum atomic E-state index is 2.46. The molecule has 0 aromatic heterocycles. The van der Waals surface area contributed by atoms with Gasteiger partial charge in [-0.15, -0.1) is 0 Å². The molecule has 0 nitrogen and oxygen atoms in total. The zero-order valence-corrected chi connectivity index (χ0v) is 16.8. The summed E-state index contributed by atoms with van der Waals surface area (Å²) in [6.07, 6.45) is 0. The first kappa shape index (κ1) is 18.8. The van der Waals surface area contributed by atoms with Gasteiger partial charge in [-0.3, -0.25) is 0 Å². The van der Waals surface area contributed by atoms with Gasteiger partial charge in [0.2, 0.25) is 0 Å². The molecule has 2 atom stereocenters. The van der Waals surface area contributed by atoms with Crippen LogP contribution in [0.1, 0.15) is 66.5 Å². The minimum Gasteiger partial charge on any atom is -0.0622 e. The summed E-state index contributed by atoms with van der Waals surface area (Å²) in [7, 11) is 0. The summed E-state index contributed by atoms with van der Waals surface area (Å²) in [5.41, 5.74) is 2.98. The first-order chi connectivity index (χ1) is 11.0. The molecule has 0 saturated carbocycles. The van der Waals surface area contributed by atoms with E-state index in [2.05, 4.69) is 116 Å². The van der Waals surface area contributed by atoms with Crippen molar-refractivity contribution in [3.05, 3.63) is 71.8 Å². The van der Waals surface area contributed by atoms with Crippen LogP contribution in [0.3, 0.4) is 0 Å². The Kier molecular flexibility index (Phi) is 4.74. The first-order valence-corrected chi connectivity index (χ1v) is 9.07. The summed E-state index contributed by atoms with van der Waals surface area (Å²) in [5.74, 6) is 0. The van der Waals surface area contributed by atoms with Crippen LogP contribution < -0.4 is 0 Å². The normalized spacial score (nSPS) is 17.8. The van der Waals surface area contributed by atoms with E-state index >= 15 is 0 Å². The molecular weight excluding hydrogens is 288 g/mol. The summed E-state index contributed by atoms with van der Waals surface area (Å²) >= 11 is 0. The van der Waals surface area contributed by atoms with E-state index in [1.165, 1.54) is 11.1 Å². The first-order valence-electron chi connectivity index (χ1n) is 9.07. The zero-order valence-electron chi connectivity index (χ0n) is 16.8. The van der Waals surface area contributed by atoms with Crippen LogP contribution in [0.4, 0.5) is 0 Å². The molecule has 0 amide bonds. The smallest absolute Gasteiger partial charge is 0.00723 e.